The van der Waals surface area contributed by atoms with Gasteiger partial charge in [0.2, 0.25) is 0 Å². The van der Waals surface area contributed by atoms with Gasteiger partial charge in [0.25, 0.3) is 5.91 Å². The van der Waals surface area contributed by atoms with Gasteiger partial charge in [0.15, 0.2) is 0 Å². The number of nitrogens with zero attached hydrogens (tertiary/aromatic N) is 2. The van der Waals surface area contributed by atoms with E-state index < -0.39 is 5.97 Å². The topological polar surface area (TPSA) is 84.2 Å². The minimum absolute atomic E-state index is 0.145. The van der Waals surface area contributed by atoms with Gasteiger partial charge in [-0.1, -0.05) is 30.3 Å². The molecule has 6 nitrogen and oxygen atoms in total. The summed E-state index contributed by atoms with van der Waals surface area (Å²) in [6.45, 7) is 1.61. The highest BCUT2D eigenvalue weighted by atomic mass is 16.4. The second-order valence-corrected chi connectivity index (χ2v) is 4.40. The largest absolute Gasteiger partial charge is 0.480 e. The smallest absolute Gasteiger partial charge is 0.325 e. The van der Waals surface area contributed by atoms with Crippen LogP contribution in [0.3, 0.4) is 0 Å². The van der Waals surface area contributed by atoms with Crippen LogP contribution in [0.15, 0.2) is 42.6 Å². The third-order valence-corrected chi connectivity index (χ3v) is 2.82. The Morgan fingerprint density at radius 1 is 1.30 bits per heavy atom. The lowest BCUT2D eigenvalue weighted by Gasteiger charge is -2.13. The molecule has 0 aliphatic carbocycles. The van der Waals surface area contributed by atoms with E-state index in [1.165, 1.54) is 16.9 Å². The number of amides is 1. The summed E-state index contributed by atoms with van der Waals surface area (Å²) in [6, 6.07) is 10.9. The maximum absolute atomic E-state index is 12.0. The zero-order chi connectivity index (χ0) is 14.5. The molecule has 0 saturated carbocycles. The number of aromatic nitrogens is 2. The zero-order valence-corrected chi connectivity index (χ0v) is 11.0. The zero-order valence-electron chi connectivity index (χ0n) is 11.0. The molecular weight excluding hydrogens is 258 g/mol. The number of aliphatic carboxylic acids is 1. The molecule has 104 valence electrons. The van der Waals surface area contributed by atoms with E-state index in [1.54, 1.807) is 0 Å². The molecule has 0 fully saturated rings. The van der Waals surface area contributed by atoms with Crippen molar-refractivity contribution in [2.75, 3.05) is 0 Å². The van der Waals surface area contributed by atoms with Crippen molar-refractivity contribution >= 4 is 11.9 Å². The molecule has 6 heteroatoms. The Bertz CT molecular complexity index is 607. The maximum Gasteiger partial charge on any atom is 0.325 e. The Morgan fingerprint density at radius 2 is 2.00 bits per heavy atom. The van der Waals surface area contributed by atoms with Gasteiger partial charge in [-0.05, 0) is 18.6 Å². The second kappa shape index (κ2) is 6.01. The molecule has 0 spiro atoms. The van der Waals surface area contributed by atoms with E-state index in [-0.39, 0.29) is 24.2 Å². The first-order chi connectivity index (χ1) is 9.56. The van der Waals surface area contributed by atoms with Crippen LogP contribution < -0.4 is 5.32 Å². The molecule has 0 aliphatic heterocycles. The van der Waals surface area contributed by atoms with Crippen LogP contribution in [-0.2, 0) is 11.3 Å². The van der Waals surface area contributed by atoms with Crippen molar-refractivity contribution in [2.45, 2.75) is 19.5 Å². The normalized spacial score (nSPS) is 11.8. The summed E-state index contributed by atoms with van der Waals surface area (Å²) in [4.78, 5) is 22.5. The highest BCUT2D eigenvalue weighted by Crippen LogP contribution is 2.11. The minimum atomic E-state index is -1.00. The molecule has 1 aromatic carbocycles. The van der Waals surface area contributed by atoms with Crippen LogP contribution >= 0.6 is 0 Å². The summed E-state index contributed by atoms with van der Waals surface area (Å²) >= 11 is 0. The molecule has 2 N–H and O–H groups in total. The third-order valence-electron chi connectivity index (χ3n) is 2.82. The van der Waals surface area contributed by atoms with Crippen molar-refractivity contribution in [3.63, 3.8) is 0 Å². The van der Waals surface area contributed by atoms with E-state index >= 15 is 0 Å². The van der Waals surface area contributed by atoms with Crippen LogP contribution in [0, 0.1) is 0 Å². The molecule has 1 heterocycles. The molecule has 1 amide bonds. The Hall–Kier alpha value is -2.63. The highest BCUT2D eigenvalue weighted by molar-refractivity contribution is 5.92. The fraction of sp³-hybridized carbons (Fsp3) is 0.214. The van der Waals surface area contributed by atoms with Gasteiger partial charge < -0.3 is 10.4 Å². The number of nitrogens with one attached hydrogen (secondary N) is 1. The maximum atomic E-state index is 12.0. The Morgan fingerprint density at radius 3 is 2.65 bits per heavy atom. The highest BCUT2D eigenvalue weighted by Gasteiger charge is 2.14. The van der Waals surface area contributed by atoms with E-state index in [0.29, 0.717) is 0 Å². The Labute approximate surface area is 116 Å². The summed E-state index contributed by atoms with van der Waals surface area (Å²) < 4.78 is 1.21. The van der Waals surface area contributed by atoms with Crippen LogP contribution in [0.2, 0.25) is 0 Å². The average Bonchev–Trinajstić information content (AvgIpc) is 2.87. The molecule has 0 bridgehead atoms. The fourth-order valence-corrected chi connectivity index (χ4v) is 1.81. The molecule has 2 aromatic rings. The summed E-state index contributed by atoms with van der Waals surface area (Å²) in [6.07, 6.45) is 1.47. The van der Waals surface area contributed by atoms with Gasteiger partial charge in [-0.15, -0.1) is 0 Å². The van der Waals surface area contributed by atoms with Gasteiger partial charge in [-0.3, -0.25) is 14.3 Å². The van der Waals surface area contributed by atoms with Crippen molar-refractivity contribution in [3.05, 3.63) is 53.9 Å². The van der Waals surface area contributed by atoms with Gasteiger partial charge in [0, 0.05) is 6.20 Å². The van der Waals surface area contributed by atoms with Gasteiger partial charge in [-0.25, -0.2) is 0 Å². The van der Waals surface area contributed by atoms with Crippen LogP contribution in [0.5, 0.6) is 0 Å². The predicted octanol–water partition coefficient (Wildman–Crippen LogP) is 1.46. The lowest BCUT2D eigenvalue weighted by Crippen LogP contribution is -2.27. The standard InChI is InChI=1S/C14H15N3O3/c1-10(11-5-3-2-4-6-11)15-14(20)12-7-8-17(16-12)9-13(18)19/h2-8,10H,9H2,1H3,(H,15,20)(H,18,19). The molecule has 1 unspecified atom stereocenters. The molecular formula is C14H15N3O3. The summed E-state index contributed by atoms with van der Waals surface area (Å²) in [5, 5.41) is 15.4. The van der Waals surface area contributed by atoms with E-state index in [1.807, 2.05) is 37.3 Å². The number of carboxylic acid groups (broad SMARTS) is 1. The van der Waals surface area contributed by atoms with Crippen molar-refractivity contribution in [1.82, 2.24) is 15.1 Å². The number of rotatable bonds is 5. The Kier molecular flexibility index (Phi) is 4.14. The quantitative estimate of drug-likeness (QED) is 0.863. The first kappa shape index (κ1) is 13.8. The Balaban J connectivity index is 2.01. The van der Waals surface area contributed by atoms with E-state index in [4.69, 9.17) is 5.11 Å². The first-order valence-electron chi connectivity index (χ1n) is 6.17. The van der Waals surface area contributed by atoms with E-state index in [2.05, 4.69) is 10.4 Å². The second-order valence-electron chi connectivity index (χ2n) is 4.40. The van der Waals surface area contributed by atoms with Crippen molar-refractivity contribution in [2.24, 2.45) is 0 Å². The van der Waals surface area contributed by atoms with Crippen LogP contribution in [0.25, 0.3) is 0 Å². The number of hydrogen-bond donors (Lipinski definition) is 2. The van der Waals surface area contributed by atoms with E-state index in [0.717, 1.165) is 5.56 Å². The first-order valence-corrected chi connectivity index (χ1v) is 6.17. The molecule has 1 aromatic heterocycles. The van der Waals surface area contributed by atoms with Crippen molar-refractivity contribution in [1.29, 1.82) is 0 Å². The minimum Gasteiger partial charge on any atom is -0.480 e. The average molecular weight is 273 g/mol. The number of carbonyl (C=O) groups excluding carboxylic acids is 1. The molecule has 1 atom stereocenters. The lowest BCUT2D eigenvalue weighted by molar-refractivity contribution is -0.137. The third kappa shape index (κ3) is 3.44. The number of hydrogen-bond acceptors (Lipinski definition) is 3. The van der Waals surface area contributed by atoms with Gasteiger partial charge in [0.1, 0.15) is 12.2 Å². The van der Waals surface area contributed by atoms with Crippen molar-refractivity contribution < 1.29 is 14.7 Å². The van der Waals surface area contributed by atoms with Crippen molar-refractivity contribution in [3.8, 4) is 0 Å². The van der Waals surface area contributed by atoms with Gasteiger partial charge >= 0.3 is 5.97 Å². The molecule has 20 heavy (non-hydrogen) atoms. The molecule has 0 radical (unpaired) electrons. The van der Waals surface area contributed by atoms with E-state index in [9.17, 15) is 9.59 Å². The van der Waals surface area contributed by atoms with Crippen LogP contribution in [0.1, 0.15) is 29.0 Å². The summed E-state index contributed by atoms with van der Waals surface area (Å²) in [5.74, 6) is -1.33. The fourth-order valence-electron chi connectivity index (χ4n) is 1.81. The van der Waals surface area contributed by atoms with Gasteiger partial charge in [0.05, 0.1) is 6.04 Å². The summed E-state index contributed by atoms with van der Waals surface area (Å²) in [5.41, 5.74) is 1.19. The molecule has 2 rings (SSSR count). The number of benzene rings is 1. The molecule has 0 aliphatic rings. The summed E-state index contributed by atoms with van der Waals surface area (Å²) in [7, 11) is 0. The van der Waals surface area contributed by atoms with Gasteiger partial charge in [-0.2, -0.15) is 5.10 Å². The lowest BCUT2D eigenvalue weighted by atomic mass is 10.1. The SMILES string of the molecule is CC(NC(=O)c1ccn(CC(=O)O)n1)c1ccccc1. The molecule has 0 saturated heterocycles. The van der Waals surface area contributed by atoms with Crippen LogP contribution in [0.4, 0.5) is 0 Å². The van der Waals surface area contributed by atoms with Crippen LogP contribution in [-0.4, -0.2) is 26.8 Å². The monoisotopic (exact) mass is 273 g/mol. The number of carbonyl (C=O) groups is 2. The number of carboxylic acids is 1. The predicted molar refractivity (Wildman–Crippen MR) is 72.2 cm³/mol.